The van der Waals surface area contributed by atoms with Crippen molar-refractivity contribution in [2.45, 2.75) is 44.9 Å². The van der Waals surface area contributed by atoms with Crippen LogP contribution in [-0.4, -0.2) is 83.9 Å². The second-order valence-electron chi connectivity index (χ2n) is 9.76. The van der Waals surface area contributed by atoms with E-state index in [0.29, 0.717) is 13.0 Å². The van der Waals surface area contributed by atoms with Crippen molar-refractivity contribution in [2.24, 2.45) is 0 Å². The topological polar surface area (TPSA) is 111 Å². The Bertz CT molecular complexity index is 1190. The zero-order valence-electron chi connectivity index (χ0n) is 22.2. The molecule has 2 atom stereocenters. The molecule has 2 N–H and O–H groups in total. The molecular weight excluding hydrogens is 505 g/mol. The highest BCUT2D eigenvalue weighted by Crippen LogP contribution is 2.25. The maximum absolute atomic E-state index is 13.6. The lowest BCUT2D eigenvalue weighted by atomic mass is 10.0. The third-order valence-corrected chi connectivity index (χ3v) is 7.06. The molecule has 0 bridgehead atoms. The number of carbonyl (C=O) groups is 4. The molecule has 11 heteroatoms. The Labute approximate surface area is 227 Å². The van der Waals surface area contributed by atoms with Crippen molar-refractivity contribution in [1.82, 2.24) is 25.3 Å². The maximum Gasteiger partial charge on any atom is 0.320 e. The molecule has 2 aliphatic heterocycles. The van der Waals surface area contributed by atoms with Gasteiger partial charge in [-0.2, -0.15) is 0 Å². The van der Waals surface area contributed by atoms with Gasteiger partial charge in [-0.15, -0.1) is 0 Å². The van der Waals surface area contributed by atoms with Crippen molar-refractivity contribution < 1.29 is 28.3 Å². The largest absolute Gasteiger partial charge is 0.497 e. The van der Waals surface area contributed by atoms with Gasteiger partial charge in [-0.1, -0.05) is 24.3 Å². The monoisotopic (exact) mass is 539 g/mol. The fourth-order valence-corrected chi connectivity index (χ4v) is 4.93. The zero-order valence-corrected chi connectivity index (χ0v) is 22.2. The summed E-state index contributed by atoms with van der Waals surface area (Å²) in [6.45, 7) is 2.22. The van der Waals surface area contributed by atoms with Crippen molar-refractivity contribution in [2.75, 3.05) is 33.4 Å². The average Bonchev–Trinajstić information content (AvgIpc) is 3.09. The fraction of sp³-hybridized carbons (Fsp3) is 0.429. The van der Waals surface area contributed by atoms with Crippen LogP contribution in [0.3, 0.4) is 0 Å². The molecule has 0 spiro atoms. The van der Waals surface area contributed by atoms with Crippen molar-refractivity contribution in [1.29, 1.82) is 0 Å². The van der Waals surface area contributed by atoms with Crippen LogP contribution in [0.1, 0.15) is 30.9 Å². The Morgan fingerprint density at radius 2 is 1.77 bits per heavy atom. The number of fused-ring (bicyclic) bond motifs is 1. The quantitative estimate of drug-likeness (QED) is 0.504. The molecule has 4 rings (SSSR count). The number of ether oxygens (including phenoxy) is 1. The molecule has 4 amide bonds. The minimum absolute atomic E-state index is 0.0338. The van der Waals surface area contributed by atoms with Gasteiger partial charge in [0.05, 0.1) is 26.9 Å². The van der Waals surface area contributed by atoms with Gasteiger partial charge in [0.15, 0.2) is 0 Å². The number of hydrogen-bond donors (Lipinski definition) is 2. The Balaban J connectivity index is 1.55. The first-order valence-corrected chi connectivity index (χ1v) is 13.0. The van der Waals surface area contributed by atoms with Crippen molar-refractivity contribution in [3.8, 4) is 5.75 Å². The summed E-state index contributed by atoms with van der Waals surface area (Å²) in [6.07, 6.45) is 0.181. The first-order chi connectivity index (χ1) is 18.8. The lowest BCUT2D eigenvalue weighted by Crippen LogP contribution is -2.69. The zero-order chi connectivity index (χ0) is 27.9. The second kappa shape index (κ2) is 12.7. The van der Waals surface area contributed by atoms with Crippen LogP contribution in [0.5, 0.6) is 5.75 Å². The number of amides is 4. The molecule has 2 aromatic rings. The van der Waals surface area contributed by atoms with E-state index in [9.17, 15) is 23.6 Å². The van der Waals surface area contributed by atoms with E-state index in [-0.39, 0.29) is 62.6 Å². The minimum Gasteiger partial charge on any atom is -0.497 e. The van der Waals surface area contributed by atoms with Gasteiger partial charge in [-0.25, -0.2) is 9.18 Å². The van der Waals surface area contributed by atoms with Crippen LogP contribution in [-0.2, 0) is 27.3 Å². The highest BCUT2D eigenvalue weighted by atomic mass is 19.1. The number of urea groups is 1. The molecule has 0 aliphatic carbocycles. The van der Waals surface area contributed by atoms with Crippen molar-refractivity contribution >= 4 is 23.6 Å². The lowest BCUT2D eigenvalue weighted by molar-refractivity contribution is -0.160. The summed E-state index contributed by atoms with van der Waals surface area (Å²) >= 11 is 0. The Morgan fingerprint density at radius 1 is 1.08 bits per heavy atom. The number of ketones is 1. The molecule has 1 unspecified atom stereocenters. The van der Waals surface area contributed by atoms with Crippen LogP contribution in [0.2, 0.25) is 0 Å². The van der Waals surface area contributed by atoms with Crippen LogP contribution in [0, 0.1) is 5.82 Å². The maximum atomic E-state index is 13.6. The molecule has 0 saturated carbocycles. The van der Waals surface area contributed by atoms with Gasteiger partial charge >= 0.3 is 6.03 Å². The summed E-state index contributed by atoms with van der Waals surface area (Å²) in [5, 5.41) is 5.83. The standard InChI is InChI=1S/C28H34FN5O5/c1-19(35)3-12-24-27(37)32(14-13-20-6-10-23(39-2)11-7-20)17-25-33(18-30-16-26(36)34(24)25)28(38)31-15-21-4-8-22(29)9-5-21/h4-11,24-25,30H,3,12-18H2,1-2H3,(H,31,38)/t24?,25-/m1/s1. The molecule has 2 aliphatic rings. The Kier molecular flexibility index (Phi) is 9.13. The number of nitrogens with zero attached hydrogens (tertiary/aromatic N) is 3. The fourth-order valence-electron chi connectivity index (χ4n) is 4.93. The van der Waals surface area contributed by atoms with Gasteiger partial charge in [0.1, 0.15) is 29.6 Å². The summed E-state index contributed by atoms with van der Waals surface area (Å²) in [6, 6.07) is 12.1. The number of hydrogen-bond acceptors (Lipinski definition) is 6. The minimum atomic E-state index is -0.858. The van der Waals surface area contributed by atoms with E-state index in [1.807, 2.05) is 24.3 Å². The molecule has 2 aromatic carbocycles. The lowest BCUT2D eigenvalue weighted by Gasteiger charge is -2.48. The number of Topliss-reactive ketones (excluding diaryl/α,β-unsaturated/α-hetero) is 1. The summed E-state index contributed by atoms with van der Waals surface area (Å²) in [5.41, 5.74) is 1.73. The Hall–Kier alpha value is -3.99. The normalized spacial score (nSPS) is 19.4. The van der Waals surface area contributed by atoms with Crippen molar-refractivity contribution in [3.05, 3.63) is 65.5 Å². The van der Waals surface area contributed by atoms with Gasteiger partial charge in [0.25, 0.3) is 0 Å². The van der Waals surface area contributed by atoms with E-state index in [4.69, 9.17) is 4.74 Å². The third-order valence-electron chi connectivity index (χ3n) is 7.06. The molecule has 2 heterocycles. The molecule has 0 aromatic heterocycles. The predicted molar refractivity (Wildman–Crippen MR) is 141 cm³/mol. The molecular formula is C28H34FN5O5. The molecule has 0 radical (unpaired) electrons. The van der Waals surface area contributed by atoms with E-state index >= 15 is 0 Å². The van der Waals surface area contributed by atoms with Gasteiger partial charge in [0, 0.05) is 19.5 Å². The molecule has 2 saturated heterocycles. The van der Waals surface area contributed by atoms with Gasteiger partial charge in [-0.3, -0.25) is 19.8 Å². The number of benzene rings is 2. The van der Waals surface area contributed by atoms with E-state index < -0.39 is 18.2 Å². The van der Waals surface area contributed by atoms with E-state index in [1.54, 1.807) is 24.1 Å². The number of carbonyl (C=O) groups excluding carboxylic acids is 4. The number of piperazine rings is 1. The van der Waals surface area contributed by atoms with Gasteiger partial charge in [0.2, 0.25) is 11.8 Å². The van der Waals surface area contributed by atoms with Crippen molar-refractivity contribution in [3.63, 3.8) is 0 Å². The van der Waals surface area contributed by atoms with Crippen LogP contribution in [0.15, 0.2) is 48.5 Å². The summed E-state index contributed by atoms with van der Waals surface area (Å²) < 4.78 is 18.5. The highest BCUT2D eigenvalue weighted by molar-refractivity contribution is 5.91. The van der Waals surface area contributed by atoms with E-state index in [2.05, 4.69) is 10.6 Å². The Morgan fingerprint density at radius 3 is 2.44 bits per heavy atom. The third kappa shape index (κ3) is 6.91. The van der Waals surface area contributed by atoms with Gasteiger partial charge in [-0.05, 0) is 55.2 Å². The molecule has 10 nitrogen and oxygen atoms in total. The predicted octanol–water partition coefficient (Wildman–Crippen LogP) is 1.88. The average molecular weight is 540 g/mol. The smallest absolute Gasteiger partial charge is 0.320 e. The van der Waals surface area contributed by atoms with E-state index in [1.165, 1.54) is 28.9 Å². The molecule has 2 fully saturated rings. The number of halogens is 1. The SMILES string of the molecule is COc1ccc(CCN2C[C@@H]3N(C(=O)NCc4ccc(F)cc4)CNCC(=O)N3C(CCC(C)=O)C2=O)cc1. The summed E-state index contributed by atoms with van der Waals surface area (Å²) in [7, 11) is 1.60. The molecule has 208 valence electrons. The summed E-state index contributed by atoms with van der Waals surface area (Å²) in [5.74, 6) is -0.244. The van der Waals surface area contributed by atoms with E-state index in [0.717, 1.165) is 16.9 Å². The second-order valence-corrected chi connectivity index (χ2v) is 9.76. The summed E-state index contributed by atoms with van der Waals surface area (Å²) in [4.78, 5) is 56.6. The highest BCUT2D eigenvalue weighted by Gasteiger charge is 2.47. The van der Waals surface area contributed by atoms with Crippen LogP contribution in [0.25, 0.3) is 0 Å². The van der Waals surface area contributed by atoms with Crippen LogP contribution in [0.4, 0.5) is 9.18 Å². The van der Waals surface area contributed by atoms with Crippen LogP contribution < -0.4 is 15.4 Å². The molecule has 39 heavy (non-hydrogen) atoms. The van der Waals surface area contributed by atoms with Gasteiger partial charge < -0.3 is 24.6 Å². The first-order valence-electron chi connectivity index (χ1n) is 13.0. The van der Waals surface area contributed by atoms with Crippen LogP contribution >= 0.6 is 0 Å². The first kappa shape index (κ1) is 28.0. The number of rotatable bonds is 9. The number of methoxy groups -OCH3 is 1. The number of nitrogens with one attached hydrogen (secondary N) is 2.